The molecule has 0 heterocycles. The summed E-state index contributed by atoms with van der Waals surface area (Å²) in [7, 11) is 0. The lowest BCUT2D eigenvalue weighted by Gasteiger charge is -2.11. The van der Waals surface area contributed by atoms with Crippen LogP contribution in [0.4, 0.5) is 14.5 Å². The third-order valence-electron chi connectivity index (χ3n) is 2.72. The molecule has 2 aromatic carbocycles. The standard InChI is InChI=1S/C14H13F2NO/c1-9-13(17)3-2-4-14(9)18-8-10-5-6-11(15)7-12(10)16/h2-7H,8,17H2,1H3. The van der Waals surface area contributed by atoms with Crippen molar-refractivity contribution in [2.24, 2.45) is 0 Å². The summed E-state index contributed by atoms with van der Waals surface area (Å²) in [6.07, 6.45) is 0. The first-order valence-corrected chi connectivity index (χ1v) is 5.50. The fraction of sp³-hybridized carbons (Fsp3) is 0.143. The number of nitrogens with two attached hydrogens (primary N) is 1. The van der Waals surface area contributed by atoms with E-state index in [1.165, 1.54) is 12.1 Å². The molecule has 0 spiro atoms. The molecule has 0 bridgehead atoms. The van der Waals surface area contributed by atoms with E-state index in [1.54, 1.807) is 18.2 Å². The number of rotatable bonds is 3. The van der Waals surface area contributed by atoms with Gasteiger partial charge in [0.2, 0.25) is 0 Å². The van der Waals surface area contributed by atoms with Crippen LogP contribution < -0.4 is 10.5 Å². The van der Waals surface area contributed by atoms with Gasteiger partial charge in [-0.25, -0.2) is 8.78 Å². The molecule has 0 aliphatic heterocycles. The number of nitrogen functional groups attached to an aromatic ring is 1. The second-order valence-corrected chi connectivity index (χ2v) is 3.99. The molecular weight excluding hydrogens is 236 g/mol. The zero-order valence-electron chi connectivity index (χ0n) is 9.91. The highest BCUT2D eigenvalue weighted by Gasteiger charge is 2.06. The van der Waals surface area contributed by atoms with Crippen molar-refractivity contribution in [2.45, 2.75) is 13.5 Å². The first-order chi connectivity index (χ1) is 8.58. The van der Waals surface area contributed by atoms with Crippen LogP contribution in [0.15, 0.2) is 36.4 Å². The Morgan fingerprint density at radius 2 is 1.94 bits per heavy atom. The lowest BCUT2D eigenvalue weighted by Crippen LogP contribution is -2.01. The lowest BCUT2D eigenvalue weighted by atomic mass is 10.2. The van der Waals surface area contributed by atoms with Gasteiger partial charge >= 0.3 is 0 Å². The molecule has 0 radical (unpaired) electrons. The minimum atomic E-state index is -0.614. The van der Waals surface area contributed by atoms with Crippen LogP contribution in [0.2, 0.25) is 0 Å². The Morgan fingerprint density at radius 1 is 1.17 bits per heavy atom. The van der Waals surface area contributed by atoms with Gasteiger partial charge in [0.15, 0.2) is 0 Å². The maximum Gasteiger partial charge on any atom is 0.132 e. The third kappa shape index (κ3) is 2.59. The predicted octanol–water partition coefficient (Wildman–Crippen LogP) is 3.43. The molecule has 94 valence electrons. The van der Waals surface area contributed by atoms with Gasteiger partial charge in [0.05, 0.1) is 0 Å². The molecule has 0 saturated heterocycles. The molecule has 0 aliphatic rings. The van der Waals surface area contributed by atoms with Crippen LogP contribution in [0.3, 0.4) is 0 Å². The average Bonchev–Trinajstić information content (AvgIpc) is 2.33. The number of benzene rings is 2. The minimum Gasteiger partial charge on any atom is -0.488 e. The number of ether oxygens (including phenoxy) is 1. The van der Waals surface area contributed by atoms with Gasteiger partial charge in [-0.1, -0.05) is 6.07 Å². The topological polar surface area (TPSA) is 35.2 Å². The van der Waals surface area contributed by atoms with Crippen LogP contribution in [-0.2, 0) is 6.61 Å². The van der Waals surface area contributed by atoms with E-state index in [0.717, 1.165) is 11.6 Å². The van der Waals surface area contributed by atoms with Crippen LogP contribution in [0.5, 0.6) is 5.75 Å². The molecule has 2 rings (SSSR count). The molecule has 2 N–H and O–H groups in total. The van der Waals surface area contributed by atoms with Gasteiger partial charge < -0.3 is 10.5 Å². The largest absolute Gasteiger partial charge is 0.488 e. The van der Waals surface area contributed by atoms with E-state index in [-0.39, 0.29) is 6.61 Å². The van der Waals surface area contributed by atoms with Gasteiger partial charge in [0.1, 0.15) is 24.0 Å². The monoisotopic (exact) mass is 249 g/mol. The molecule has 0 amide bonds. The van der Waals surface area contributed by atoms with Crippen molar-refractivity contribution in [1.82, 2.24) is 0 Å². The van der Waals surface area contributed by atoms with Crippen molar-refractivity contribution in [3.05, 3.63) is 59.2 Å². The Labute approximate surface area is 104 Å². The van der Waals surface area contributed by atoms with Crippen molar-refractivity contribution < 1.29 is 13.5 Å². The average molecular weight is 249 g/mol. The van der Waals surface area contributed by atoms with Crippen molar-refractivity contribution >= 4 is 5.69 Å². The van der Waals surface area contributed by atoms with E-state index in [9.17, 15) is 8.78 Å². The molecule has 18 heavy (non-hydrogen) atoms. The highest BCUT2D eigenvalue weighted by Crippen LogP contribution is 2.24. The van der Waals surface area contributed by atoms with Gasteiger partial charge in [-0.05, 0) is 31.2 Å². The summed E-state index contributed by atoms with van der Waals surface area (Å²) in [5.41, 5.74) is 7.46. The van der Waals surface area contributed by atoms with Crippen molar-refractivity contribution in [2.75, 3.05) is 5.73 Å². The Bertz CT molecular complexity index is 570. The molecule has 0 unspecified atom stereocenters. The van der Waals surface area contributed by atoms with E-state index in [4.69, 9.17) is 10.5 Å². The van der Waals surface area contributed by atoms with Crippen LogP contribution in [0, 0.1) is 18.6 Å². The molecule has 2 aromatic rings. The second-order valence-electron chi connectivity index (χ2n) is 3.99. The molecule has 0 atom stereocenters. The maximum absolute atomic E-state index is 13.4. The number of anilines is 1. The maximum atomic E-state index is 13.4. The summed E-state index contributed by atoms with van der Waals surface area (Å²) >= 11 is 0. The smallest absolute Gasteiger partial charge is 0.132 e. The highest BCUT2D eigenvalue weighted by molar-refractivity contribution is 5.53. The van der Waals surface area contributed by atoms with Crippen molar-refractivity contribution in [1.29, 1.82) is 0 Å². The minimum absolute atomic E-state index is 0.0381. The summed E-state index contributed by atoms with van der Waals surface area (Å²) in [6.45, 7) is 1.86. The summed E-state index contributed by atoms with van der Waals surface area (Å²) < 4.78 is 31.6. The number of halogens is 2. The summed E-state index contributed by atoms with van der Waals surface area (Å²) in [5.74, 6) is -0.619. The van der Waals surface area contributed by atoms with Gasteiger partial charge in [0, 0.05) is 22.9 Å². The van der Waals surface area contributed by atoms with E-state index in [0.29, 0.717) is 17.0 Å². The quantitative estimate of drug-likeness (QED) is 0.846. The van der Waals surface area contributed by atoms with Gasteiger partial charge in [0.25, 0.3) is 0 Å². The molecule has 0 aliphatic carbocycles. The predicted molar refractivity (Wildman–Crippen MR) is 66.3 cm³/mol. The Balaban J connectivity index is 2.14. The van der Waals surface area contributed by atoms with E-state index < -0.39 is 11.6 Å². The SMILES string of the molecule is Cc1c(N)cccc1OCc1ccc(F)cc1F. The third-order valence-corrected chi connectivity index (χ3v) is 2.72. The molecule has 0 fully saturated rings. The first-order valence-electron chi connectivity index (χ1n) is 5.50. The Hall–Kier alpha value is -2.10. The fourth-order valence-corrected chi connectivity index (χ4v) is 1.58. The Morgan fingerprint density at radius 3 is 2.67 bits per heavy atom. The van der Waals surface area contributed by atoms with E-state index in [1.807, 2.05) is 6.92 Å². The zero-order valence-corrected chi connectivity index (χ0v) is 9.91. The summed E-state index contributed by atoms with van der Waals surface area (Å²) in [4.78, 5) is 0. The molecule has 0 aromatic heterocycles. The fourth-order valence-electron chi connectivity index (χ4n) is 1.58. The first kappa shape index (κ1) is 12.4. The molecular formula is C14H13F2NO. The second kappa shape index (κ2) is 5.04. The van der Waals surface area contributed by atoms with Gasteiger partial charge in [-0.3, -0.25) is 0 Å². The Kier molecular flexibility index (Phi) is 3.46. The van der Waals surface area contributed by atoms with Gasteiger partial charge in [-0.15, -0.1) is 0 Å². The highest BCUT2D eigenvalue weighted by atomic mass is 19.1. The van der Waals surface area contributed by atoms with E-state index >= 15 is 0 Å². The molecule has 0 saturated carbocycles. The van der Waals surface area contributed by atoms with Crippen molar-refractivity contribution in [3.8, 4) is 5.75 Å². The molecule has 4 heteroatoms. The number of hydrogen-bond donors (Lipinski definition) is 1. The van der Waals surface area contributed by atoms with Crippen LogP contribution in [-0.4, -0.2) is 0 Å². The summed E-state index contributed by atoms with van der Waals surface area (Å²) in [5, 5.41) is 0. The lowest BCUT2D eigenvalue weighted by molar-refractivity contribution is 0.297. The van der Waals surface area contributed by atoms with Crippen LogP contribution in [0.1, 0.15) is 11.1 Å². The summed E-state index contributed by atoms with van der Waals surface area (Å²) in [6, 6.07) is 8.69. The van der Waals surface area contributed by atoms with Gasteiger partial charge in [-0.2, -0.15) is 0 Å². The van der Waals surface area contributed by atoms with E-state index in [2.05, 4.69) is 0 Å². The van der Waals surface area contributed by atoms with Crippen LogP contribution >= 0.6 is 0 Å². The normalized spacial score (nSPS) is 10.4. The molecule has 2 nitrogen and oxygen atoms in total. The zero-order chi connectivity index (χ0) is 13.1. The van der Waals surface area contributed by atoms with Crippen LogP contribution in [0.25, 0.3) is 0 Å². The van der Waals surface area contributed by atoms with Crippen molar-refractivity contribution in [3.63, 3.8) is 0 Å². The number of hydrogen-bond acceptors (Lipinski definition) is 2.